The van der Waals surface area contributed by atoms with Crippen molar-refractivity contribution in [3.8, 4) is 5.75 Å². The molecule has 0 amide bonds. The summed E-state index contributed by atoms with van der Waals surface area (Å²) in [5.41, 5.74) is 2.67. The summed E-state index contributed by atoms with van der Waals surface area (Å²) in [6.45, 7) is 7.89. The molecule has 16 heavy (non-hydrogen) atoms. The number of fused-ring (bicyclic) bond motifs is 1. The Morgan fingerprint density at radius 3 is 2.69 bits per heavy atom. The lowest BCUT2D eigenvalue weighted by atomic mass is 9.95. The minimum atomic E-state index is -0.505. The van der Waals surface area contributed by atoms with E-state index < -0.39 is 5.60 Å². The molecule has 1 atom stereocenters. The molecule has 86 valence electrons. The van der Waals surface area contributed by atoms with E-state index in [9.17, 15) is 4.79 Å². The number of aryl methyl sites for hydroxylation is 2. The lowest BCUT2D eigenvalue weighted by Crippen LogP contribution is -2.50. The molecule has 3 heteroatoms. The quantitative estimate of drug-likeness (QED) is 0.737. The zero-order chi connectivity index (χ0) is 11.9. The molecule has 1 aliphatic heterocycles. The van der Waals surface area contributed by atoms with Gasteiger partial charge in [-0.25, -0.2) is 0 Å². The number of anilines is 1. The Balaban J connectivity index is 2.50. The molecule has 0 saturated heterocycles. The highest BCUT2D eigenvalue weighted by Gasteiger charge is 2.37. The molecule has 0 radical (unpaired) electrons. The van der Waals surface area contributed by atoms with E-state index in [1.165, 1.54) is 0 Å². The molecule has 1 unspecified atom stereocenters. The first-order chi connectivity index (χ1) is 7.44. The van der Waals surface area contributed by atoms with Gasteiger partial charge < -0.3 is 14.8 Å². The van der Waals surface area contributed by atoms with Crippen molar-refractivity contribution in [2.24, 2.45) is 0 Å². The summed E-state index contributed by atoms with van der Waals surface area (Å²) in [5.74, 6) is 0.855. The first kappa shape index (κ1) is 11.0. The van der Waals surface area contributed by atoms with E-state index in [1.54, 1.807) is 0 Å². The molecule has 3 nitrogen and oxygen atoms in total. The fraction of sp³-hybridized carbons (Fsp3) is 0.462. The number of carbonyl (C=O) groups is 1. The molecule has 0 fully saturated rings. The maximum Gasteiger partial charge on any atom is 0.146 e. The van der Waals surface area contributed by atoms with Crippen LogP contribution in [0.4, 0.5) is 5.69 Å². The normalized spacial score (nSPS) is 21.6. The van der Waals surface area contributed by atoms with Crippen molar-refractivity contribution in [2.75, 3.05) is 5.32 Å². The molecule has 0 spiro atoms. The first-order valence-corrected chi connectivity index (χ1v) is 5.46. The summed E-state index contributed by atoms with van der Waals surface area (Å²) in [5, 5.41) is 3.23. The lowest BCUT2D eigenvalue weighted by molar-refractivity contribution is -0.112. The van der Waals surface area contributed by atoms with Gasteiger partial charge in [0, 0.05) is 0 Å². The molecule has 0 bridgehead atoms. The van der Waals surface area contributed by atoms with Gasteiger partial charge in [0.15, 0.2) is 0 Å². The van der Waals surface area contributed by atoms with Gasteiger partial charge in [-0.1, -0.05) is 6.07 Å². The summed E-state index contributed by atoms with van der Waals surface area (Å²) >= 11 is 0. The minimum Gasteiger partial charge on any atom is -0.483 e. The van der Waals surface area contributed by atoms with Crippen LogP contribution in [-0.2, 0) is 4.79 Å². The Morgan fingerprint density at radius 2 is 2.06 bits per heavy atom. The van der Waals surface area contributed by atoms with Gasteiger partial charge in [0.2, 0.25) is 0 Å². The van der Waals surface area contributed by atoms with E-state index in [-0.39, 0.29) is 6.04 Å². The number of hydrogen-bond acceptors (Lipinski definition) is 3. The van der Waals surface area contributed by atoms with Crippen molar-refractivity contribution in [1.82, 2.24) is 0 Å². The number of benzene rings is 1. The lowest BCUT2D eigenvalue weighted by Gasteiger charge is -2.39. The van der Waals surface area contributed by atoms with Gasteiger partial charge in [-0.2, -0.15) is 0 Å². The molecular weight excluding hydrogens is 202 g/mol. The van der Waals surface area contributed by atoms with Gasteiger partial charge in [-0.3, -0.25) is 0 Å². The highest BCUT2D eigenvalue weighted by atomic mass is 16.5. The molecule has 1 aromatic carbocycles. The molecule has 1 N–H and O–H groups in total. The second-order valence-corrected chi connectivity index (χ2v) is 4.92. The highest BCUT2D eigenvalue weighted by Crippen LogP contribution is 2.38. The number of carbonyl (C=O) groups excluding carboxylic acids is 1. The van der Waals surface area contributed by atoms with E-state index in [0.717, 1.165) is 28.8 Å². The second kappa shape index (κ2) is 3.51. The molecule has 0 aliphatic carbocycles. The van der Waals surface area contributed by atoms with Gasteiger partial charge in [0.05, 0.1) is 5.69 Å². The second-order valence-electron chi connectivity index (χ2n) is 4.92. The monoisotopic (exact) mass is 219 g/mol. The Kier molecular flexibility index (Phi) is 2.41. The molecule has 1 heterocycles. The van der Waals surface area contributed by atoms with Gasteiger partial charge in [-0.05, 0) is 44.9 Å². The predicted molar refractivity (Wildman–Crippen MR) is 64.1 cm³/mol. The van der Waals surface area contributed by atoms with Crippen molar-refractivity contribution in [3.05, 3.63) is 23.3 Å². The zero-order valence-electron chi connectivity index (χ0n) is 10.1. The maximum absolute atomic E-state index is 11.0. The van der Waals surface area contributed by atoms with Crippen LogP contribution in [0.5, 0.6) is 5.75 Å². The third kappa shape index (κ3) is 1.66. The topological polar surface area (TPSA) is 38.3 Å². The number of nitrogens with one attached hydrogen (secondary N) is 1. The number of rotatable bonds is 1. The highest BCUT2D eigenvalue weighted by molar-refractivity contribution is 5.73. The van der Waals surface area contributed by atoms with Crippen molar-refractivity contribution in [1.29, 1.82) is 0 Å². The van der Waals surface area contributed by atoms with Crippen LogP contribution in [-0.4, -0.2) is 17.9 Å². The molecule has 0 aromatic heterocycles. The predicted octanol–water partition coefficient (Wildman–Crippen LogP) is 2.45. The standard InChI is InChI=1S/C13H17NO2/c1-8-5-9(2)12-10(6-8)14-11(7-15)13(3,4)16-12/h5-7,11,14H,1-4H3. The van der Waals surface area contributed by atoms with Crippen LogP contribution >= 0.6 is 0 Å². The van der Waals surface area contributed by atoms with Crippen molar-refractivity contribution in [2.45, 2.75) is 39.3 Å². The number of hydrogen-bond donors (Lipinski definition) is 1. The Morgan fingerprint density at radius 1 is 1.38 bits per heavy atom. The Bertz CT molecular complexity index is 438. The van der Waals surface area contributed by atoms with Gasteiger partial charge in [0.1, 0.15) is 23.7 Å². The van der Waals surface area contributed by atoms with E-state index in [1.807, 2.05) is 33.8 Å². The molecular formula is C13H17NO2. The van der Waals surface area contributed by atoms with E-state index in [0.29, 0.717) is 0 Å². The van der Waals surface area contributed by atoms with Crippen LogP contribution in [0, 0.1) is 13.8 Å². The van der Waals surface area contributed by atoms with Crippen LogP contribution in [0.2, 0.25) is 0 Å². The molecule has 2 rings (SSSR count). The largest absolute Gasteiger partial charge is 0.483 e. The van der Waals surface area contributed by atoms with Gasteiger partial charge >= 0.3 is 0 Å². The fourth-order valence-electron chi connectivity index (χ4n) is 2.06. The number of ether oxygens (including phenoxy) is 1. The smallest absolute Gasteiger partial charge is 0.146 e. The molecule has 1 aromatic rings. The van der Waals surface area contributed by atoms with Gasteiger partial charge in [0.25, 0.3) is 0 Å². The van der Waals surface area contributed by atoms with Crippen LogP contribution in [0.3, 0.4) is 0 Å². The molecule has 1 aliphatic rings. The maximum atomic E-state index is 11.0. The SMILES string of the molecule is Cc1cc(C)c2c(c1)NC(C=O)C(C)(C)O2. The Labute approximate surface area is 95.8 Å². The third-order valence-corrected chi connectivity index (χ3v) is 2.98. The van der Waals surface area contributed by atoms with Crippen molar-refractivity contribution in [3.63, 3.8) is 0 Å². The summed E-state index contributed by atoms with van der Waals surface area (Å²) in [7, 11) is 0. The summed E-state index contributed by atoms with van der Waals surface area (Å²) in [6, 6.07) is 3.78. The van der Waals surface area contributed by atoms with Crippen molar-refractivity contribution >= 4 is 12.0 Å². The van der Waals surface area contributed by atoms with Crippen LogP contribution in [0.25, 0.3) is 0 Å². The third-order valence-electron chi connectivity index (χ3n) is 2.98. The van der Waals surface area contributed by atoms with E-state index >= 15 is 0 Å². The van der Waals surface area contributed by atoms with Crippen LogP contribution in [0.15, 0.2) is 12.1 Å². The number of aldehydes is 1. The summed E-state index contributed by atoms with van der Waals surface area (Å²) < 4.78 is 5.91. The van der Waals surface area contributed by atoms with E-state index in [4.69, 9.17) is 4.74 Å². The average molecular weight is 219 g/mol. The summed E-state index contributed by atoms with van der Waals surface area (Å²) in [4.78, 5) is 11.0. The van der Waals surface area contributed by atoms with Crippen LogP contribution in [0.1, 0.15) is 25.0 Å². The summed E-state index contributed by atoms with van der Waals surface area (Å²) in [6.07, 6.45) is 0.903. The van der Waals surface area contributed by atoms with Gasteiger partial charge in [-0.15, -0.1) is 0 Å². The Hall–Kier alpha value is -1.51. The van der Waals surface area contributed by atoms with Crippen molar-refractivity contribution < 1.29 is 9.53 Å². The first-order valence-electron chi connectivity index (χ1n) is 5.46. The zero-order valence-corrected chi connectivity index (χ0v) is 10.1. The fourth-order valence-corrected chi connectivity index (χ4v) is 2.06. The average Bonchev–Trinajstić information content (AvgIpc) is 2.18. The van der Waals surface area contributed by atoms with Crippen LogP contribution < -0.4 is 10.1 Å². The van der Waals surface area contributed by atoms with E-state index in [2.05, 4.69) is 11.4 Å². The molecule has 0 saturated carbocycles. The minimum absolute atomic E-state index is 0.304.